The van der Waals surface area contributed by atoms with Crippen LogP contribution in [-0.2, 0) is 19.1 Å². The van der Waals surface area contributed by atoms with Crippen LogP contribution in [0.25, 0.3) is 0 Å². The van der Waals surface area contributed by atoms with Gasteiger partial charge in [-0.3, -0.25) is 4.79 Å². The molecule has 0 saturated carbocycles. The van der Waals surface area contributed by atoms with Gasteiger partial charge in [0.15, 0.2) is 0 Å². The molecule has 1 aliphatic rings. The van der Waals surface area contributed by atoms with Crippen LogP contribution in [0.4, 0.5) is 0 Å². The quantitative estimate of drug-likeness (QED) is 0.380. The van der Waals surface area contributed by atoms with Crippen molar-refractivity contribution in [3.63, 3.8) is 0 Å². The lowest BCUT2D eigenvalue weighted by molar-refractivity contribution is -0.144. The van der Waals surface area contributed by atoms with Crippen molar-refractivity contribution in [3.8, 4) is 0 Å². The van der Waals surface area contributed by atoms with Crippen molar-refractivity contribution < 1.29 is 24.2 Å². The molecule has 1 heterocycles. The highest BCUT2D eigenvalue weighted by atomic mass is 16.6. The summed E-state index contributed by atoms with van der Waals surface area (Å²) in [5, 5.41) is 8.24. The number of carbonyl (C=O) groups excluding carboxylic acids is 1. The van der Waals surface area contributed by atoms with Gasteiger partial charge in [0.2, 0.25) is 0 Å². The third kappa shape index (κ3) is 5.31. The minimum atomic E-state index is -1.01. The summed E-state index contributed by atoms with van der Waals surface area (Å²) < 4.78 is 9.67. The molecule has 0 aromatic carbocycles. The van der Waals surface area contributed by atoms with Gasteiger partial charge in [-0.2, -0.15) is 0 Å². The molecule has 0 bridgehead atoms. The zero-order chi connectivity index (χ0) is 10.4. The highest BCUT2D eigenvalue weighted by Gasteiger charge is 2.23. The summed E-state index contributed by atoms with van der Waals surface area (Å²) in [6, 6.07) is 0. The van der Waals surface area contributed by atoms with Gasteiger partial charge in [0, 0.05) is 12.5 Å². The molecular formula is C9H12O5. The van der Waals surface area contributed by atoms with Crippen molar-refractivity contribution in [1.29, 1.82) is 0 Å². The second-order valence-corrected chi connectivity index (χ2v) is 2.92. The number of esters is 1. The minimum absolute atomic E-state index is 0.0773. The summed E-state index contributed by atoms with van der Waals surface area (Å²) in [4.78, 5) is 21.0. The van der Waals surface area contributed by atoms with Gasteiger partial charge in [-0.05, 0) is 6.42 Å². The van der Waals surface area contributed by atoms with Crippen LogP contribution >= 0.6 is 0 Å². The van der Waals surface area contributed by atoms with Gasteiger partial charge < -0.3 is 14.6 Å². The average molecular weight is 200 g/mol. The molecule has 1 unspecified atom stereocenters. The Hall–Kier alpha value is -1.36. The van der Waals surface area contributed by atoms with E-state index in [-0.39, 0.29) is 18.5 Å². The fraction of sp³-hybridized carbons (Fsp3) is 0.556. The van der Waals surface area contributed by atoms with Gasteiger partial charge in [0.05, 0.1) is 6.61 Å². The number of hydrogen-bond donors (Lipinski definition) is 1. The maximum absolute atomic E-state index is 11.0. The first-order valence-corrected chi connectivity index (χ1v) is 4.35. The predicted octanol–water partition coefficient (Wildman–Crippen LogP) is 0.349. The Morgan fingerprint density at radius 3 is 2.86 bits per heavy atom. The van der Waals surface area contributed by atoms with E-state index in [4.69, 9.17) is 14.6 Å². The number of carbonyl (C=O) groups is 2. The van der Waals surface area contributed by atoms with Crippen LogP contribution in [0.5, 0.6) is 0 Å². The smallest absolute Gasteiger partial charge is 0.327 e. The summed E-state index contributed by atoms with van der Waals surface area (Å²) >= 11 is 0. The maximum Gasteiger partial charge on any atom is 0.327 e. The third-order valence-corrected chi connectivity index (χ3v) is 1.61. The first-order chi connectivity index (χ1) is 6.68. The Kier molecular flexibility index (Phi) is 4.12. The Morgan fingerprint density at radius 2 is 2.29 bits per heavy atom. The number of hydrogen-bond acceptors (Lipinski definition) is 4. The van der Waals surface area contributed by atoms with Gasteiger partial charge in [0.1, 0.15) is 12.7 Å². The average Bonchev–Trinajstić information content (AvgIpc) is 2.92. The molecule has 1 saturated heterocycles. The summed E-state index contributed by atoms with van der Waals surface area (Å²) in [5.74, 6) is -1.33. The van der Waals surface area contributed by atoms with Crippen LogP contribution in [0.2, 0.25) is 0 Å². The largest absolute Gasteiger partial charge is 0.478 e. The predicted molar refractivity (Wildman–Crippen MR) is 46.7 cm³/mol. The molecule has 0 aromatic heterocycles. The van der Waals surface area contributed by atoms with Gasteiger partial charge in [-0.15, -0.1) is 0 Å². The fourth-order valence-electron chi connectivity index (χ4n) is 0.808. The van der Waals surface area contributed by atoms with Crippen molar-refractivity contribution >= 4 is 11.9 Å². The molecule has 0 radical (unpaired) electrons. The van der Waals surface area contributed by atoms with Gasteiger partial charge in [-0.1, -0.05) is 6.08 Å². The van der Waals surface area contributed by atoms with E-state index >= 15 is 0 Å². The number of rotatable bonds is 6. The van der Waals surface area contributed by atoms with E-state index in [9.17, 15) is 9.59 Å². The van der Waals surface area contributed by atoms with Crippen molar-refractivity contribution in [1.82, 2.24) is 0 Å². The molecule has 0 amide bonds. The lowest BCUT2D eigenvalue weighted by atomic mass is 10.3. The Balaban J connectivity index is 1.99. The first kappa shape index (κ1) is 10.7. The van der Waals surface area contributed by atoms with Crippen molar-refractivity contribution in [2.75, 3.05) is 13.2 Å². The monoisotopic (exact) mass is 200 g/mol. The molecule has 1 fully saturated rings. The van der Waals surface area contributed by atoms with E-state index in [1.165, 1.54) is 6.08 Å². The topological polar surface area (TPSA) is 76.1 Å². The summed E-state index contributed by atoms with van der Waals surface area (Å²) in [6.45, 7) is 0.966. The molecule has 1 rings (SSSR count). The summed E-state index contributed by atoms with van der Waals surface area (Å²) in [7, 11) is 0. The Morgan fingerprint density at radius 1 is 1.57 bits per heavy atom. The molecule has 14 heavy (non-hydrogen) atoms. The molecule has 0 aromatic rings. The second kappa shape index (κ2) is 5.39. The molecule has 1 N–H and O–H groups in total. The normalized spacial score (nSPS) is 19.6. The van der Waals surface area contributed by atoms with Gasteiger partial charge in [0.25, 0.3) is 0 Å². The Bertz CT molecular complexity index is 242. The zero-order valence-electron chi connectivity index (χ0n) is 7.64. The SMILES string of the molecule is O=C(O)C=CCCC(=O)OCC1CO1. The molecular weight excluding hydrogens is 188 g/mol. The molecule has 78 valence electrons. The first-order valence-electron chi connectivity index (χ1n) is 4.35. The van der Waals surface area contributed by atoms with E-state index < -0.39 is 5.97 Å². The molecule has 5 heteroatoms. The molecule has 5 nitrogen and oxygen atoms in total. The fourth-order valence-corrected chi connectivity index (χ4v) is 0.808. The van der Waals surface area contributed by atoms with Crippen molar-refractivity contribution in [3.05, 3.63) is 12.2 Å². The Labute approximate surface area is 81.3 Å². The molecule has 1 aliphatic heterocycles. The summed E-state index contributed by atoms with van der Waals surface area (Å²) in [5.41, 5.74) is 0. The lowest BCUT2D eigenvalue weighted by Gasteiger charge is -1.99. The van der Waals surface area contributed by atoms with Gasteiger partial charge >= 0.3 is 11.9 Å². The van der Waals surface area contributed by atoms with Crippen LogP contribution in [0.1, 0.15) is 12.8 Å². The molecule has 0 spiro atoms. The number of carboxylic acid groups (broad SMARTS) is 1. The van der Waals surface area contributed by atoms with E-state index in [1.807, 2.05) is 0 Å². The molecule has 1 atom stereocenters. The zero-order valence-corrected chi connectivity index (χ0v) is 7.64. The van der Waals surface area contributed by atoms with E-state index in [1.54, 1.807) is 0 Å². The van der Waals surface area contributed by atoms with Crippen LogP contribution in [0.15, 0.2) is 12.2 Å². The second-order valence-electron chi connectivity index (χ2n) is 2.92. The summed E-state index contributed by atoms with van der Waals surface area (Å²) in [6.07, 6.45) is 3.11. The number of aliphatic carboxylic acids is 1. The van der Waals surface area contributed by atoms with E-state index in [0.29, 0.717) is 19.6 Å². The van der Waals surface area contributed by atoms with Gasteiger partial charge in [-0.25, -0.2) is 4.79 Å². The van der Waals surface area contributed by atoms with Crippen molar-refractivity contribution in [2.45, 2.75) is 18.9 Å². The highest BCUT2D eigenvalue weighted by molar-refractivity contribution is 5.79. The van der Waals surface area contributed by atoms with Crippen LogP contribution in [0.3, 0.4) is 0 Å². The number of allylic oxidation sites excluding steroid dienone is 1. The van der Waals surface area contributed by atoms with E-state index in [0.717, 1.165) is 6.08 Å². The molecule has 0 aliphatic carbocycles. The van der Waals surface area contributed by atoms with Crippen LogP contribution in [-0.4, -0.2) is 36.4 Å². The number of epoxide rings is 1. The van der Waals surface area contributed by atoms with E-state index in [2.05, 4.69) is 0 Å². The minimum Gasteiger partial charge on any atom is -0.478 e. The van der Waals surface area contributed by atoms with Crippen LogP contribution in [0, 0.1) is 0 Å². The lowest BCUT2D eigenvalue weighted by Crippen LogP contribution is -2.09. The number of ether oxygens (including phenoxy) is 2. The standard InChI is InChI=1S/C9H12O5/c10-8(11)3-1-2-4-9(12)14-6-7-5-13-7/h1,3,7H,2,4-6H2,(H,10,11). The van der Waals surface area contributed by atoms with Crippen molar-refractivity contribution in [2.24, 2.45) is 0 Å². The maximum atomic E-state index is 11.0. The highest BCUT2D eigenvalue weighted by Crippen LogP contribution is 2.09. The third-order valence-electron chi connectivity index (χ3n) is 1.61. The number of carboxylic acids is 1. The van der Waals surface area contributed by atoms with Crippen LogP contribution < -0.4 is 0 Å².